The van der Waals surface area contributed by atoms with Crippen molar-refractivity contribution in [3.63, 3.8) is 0 Å². The smallest absolute Gasteiger partial charge is 0.157 e. The summed E-state index contributed by atoms with van der Waals surface area (Å²) in [5.74, 6) is 0. The normalized spacial score (nSPS) is 21.6. The molecule has 5 nitrogen and oxygen atoms in total. The number of hydrogen-bond acceptors (Lipinski definition) is 5. The van der Waals surface area contributed by atoms with Gasteiger partial charge in [0.2, 0.25) is 0 Å². The molecule has 0 aliphatic carbocycles. The second-order valence-corrected chi connectivity index (χ2v) is 9.56. The first-order valence-corrected chi connectivity index (χ1v) is 13.2. The Morgan fingerprint density at radius 3 is 2.19 bits per heavy atom. The lowest BCUT2D eigenvalue weighted by Crippen LogP contribution is -2.47. The summed E-state index contributed by atoms with van der Waals surface area (Å²) in [6, 6.07) is 10.0. The summed E-state index contributed by atoms with van der Waals surface area (Å²) in [4.78, 5) is 5.00. The highest BCUT2D eigenvalue weighted by molar-refractivity contribution is 5.17. The van der Waals surface area contributed by atoms with E-state index in [0.29, 0.717) is 0 Å². The highest BCUT2D eigenvalue weighted by Gasteiger charge is 2.19. The molecule has 0 amide bonds. The Morgan fingerprint density at radius 1 is 0.844 bits per heavy atom. The molecule has 3 rings (SSSR count). The van der Waals surface area contributed by atoms with Crippen molar-refractivity contribution in [2.75, 3.05) is 52.5 Å². The van der Waals surface area contributed by atoms with Crippen LogP contribution in [0.15, 0.2) is 30.3 Å². The highest BCUT2D eigenvalue weighted by Crippen LogP contribution is 2.16. The number of nitrogens with zero attached hydrogens (tertiary/aromatic N) is 2. The zero-order chi connectivity index (χ0) is 22.3. The lowest BCUT2D eigenvalue weighted by molar-refractivity contribution is -0.162. The van der Waals surface area contributed by atoms with E-state index in [-0.39, 0.29) is 12.4 Å². The van der Waals surface area contributed by atoms with Crippen molar-refractivity contribution < 1.29 is 14.6 Å². The van der Waals surface area contributed by atoms with Crippen molar-refractivity contribution in [2.45, 2.75) is 83.0 Å². The minimum atomic E-state index is -0.374. The second-order valence-electron chi connectivity index (χ2n) is 9.56. The monoisotopic (exact) mass is 446 g/mol. The number of ether oxygens (including phenoxy) is 2. The quantitative estimate of drug-likeness (QED) is 0.384. The van der Waals surface area contributed by atoms with Gasteiger partial charge in [0.25, 0.3) is 0 Å². The Labute approximate surface area is 196 Å². The molecule has 2 heterocycles. The third-order valence-electron chi connectivity index (χ3n) is 6.89. The van der Waals surface area contributed by atoms with E-state index in [4.69, 9.17) is 9.47 Å². The van der Waals surface area contributed by atoms with E-state index in [1.807, 2.05) is 30.3 Å². The molecule has 2 fully saturated rings. The predicted molar refractivity (Wildman–Crippen MR) is 131 cm³/mol. The molecule has 0 aromatic heterocycles. The van der Waals surface area contributed by atoms with Crippen LogP contribution in [0.4, 0.5) is 0 Å². The number of β-amino-alcohol motifs (C(OH)–C–C–N with tert-alkyl or cyclic N) is 1. The van der Waals surface area contributed by atoms with E-state index < -0.39 is 0 Å². The van der Waals surface area contributed by atoms with Crippen molar-refractivity contribution in [1.29, 1.82) is 0 Å². The zero-order valence-electron chi connectivity index (χ0n) is 20.1. The molecule has 2 atom stereocenters. The summed E-state index contributed by atoms with van der Waals surface area (Å²) in [6.07, 6.45) is 13.8. The molecular formula is C27H46N2O3. The number of benzene rings is 1. The number of rotatable bonds is 15. The molecular weight excluding hydrogens is 400 g/mol. The Kier molecular flexibility index (Phi) is 12.6. The van der Waals surface area contributed by atoms with E-state index >= 15 is 0 Å². The molecule has 2 aliphatic rings. The number of piperazine rings is 1. The topological polar surface area (TPSA) is 45.2 Å². The van der Waals surface area contributed by atoms with Gasteiger partial charge in [-0.3, -0.25) is 4.90 Å². The first kappa shape index (κ1) is 25.6. The van der Waals surface area contributed by atoms with Crippen LogP contribution in [0.25, 0.3) is 0 Å². The third-order valence-corrected chi connectivity index (χ3v) is 6.89. The molecule has 1 aromatic rings. The van der Waals surface area contributed by atoms with E-state index in [2.05, 4.69) is 9.80 Å². The van der Waals surface area contributed by atoms with Gasteiger partial charge in [0, 0.05) is 45.9 Å². The Hall–Kier alpha value is -0.980. The molecule has 0 spiro atoms. The van der Waals surface area contributed by atoms with E-state index in [9.17, 15) is 5.11 Å². The molecule has 2 aliphatic heterocycles. The molecule has 2 unspecified atom stereocenters. The molecule has 1 aromatic carbocycles. The molecule has 2 saturated heterocycles. The fourth-order valence-electron chi connectivity index (χ4n) is 4.78. The molecule has 5 heteroatoms. The summed E-state index contributed by atoms with van der Waals surface area (Å²) in [6.45, 7) is 8.13. The van der Waals surface area contributed by atoms with Crippen LogP contribution in [0, 0.1) is 0 Å². The van der Waals surface area contributed by atoms with Crippen molar-refractivity contribution in [1.82, 2.24) is 9.80 Å². The van der Waals surface area contributed by atoms with Gasteiger partial charge in [-0.25, -0.2) is 0 Å². The molecule has 0 radical (unpaired) electrons. The maximum absolute atomic E-state index is 10.4. The largest absolute Gasteiger partial charge is 0.387 e. The highest BCUT2D eigenvalue weighted by atomic mass is 16.7. The SMILES string of the molecule is OC(CN1CCN(CCCCCCCCCCOC2CCCCO2)CC1)c1ccccc1. The van der Waals surface area contributed by atoms with E-state index in [1.165, 1.54) is 70.8 Å². The van der Waals surface area contributed by atoms with Gasteiger partial charge in [-0.1, -0.05) is 68.9 Å². The van der Waals surface area contributed by atoms with Gasteiger partial charge in [0.05, 0.1) is 6.10 Å². The summed E-state index contributed by atoms with van der Waals surface area (Å²) < 4.78 is 11.4. The van der Waals surface area contributed by atoms with Crippen molar-refractivity contribution in [3.05, 3.63) is 35.9 Å². The summed E-state index contributed by atoms with van der Waals surface area (Å²) in [5.41, 5.74) is 1.03. The van der Waals surface area contributed by atoms with Crippen LogP contribution in [-0.2, 0) is 9.47 Å². The first-order valence-electron chi connectivity index (χ1n) is 13.2. The van der Waals surface area contributed by atoms with Crippen molar-refractivity contribution in [3.8, 4) is 0 Å². The van der Waals surface area contributed by atoms with Crippen LogP contribution in [0.2, 0.25) is 0 Å². The molecule has 0 saturated carbocycles. The van der Waals surface area contributed by atoms with Gasteiger partial charge in [-0.2, -0.15) is 0 Å². The average molecular weight is 447 g/mol. The molecule has 182 valence electrons. The number of hydrogen-bond donors (Lipinski definition) is 1. The van der Waals surface area contributed by atoms with Crippen LogP contribution in [-0.4, -0.2) is 73.7 Å². The van der Waals surface area contributed by atoms with Crippen LogP contribution < -0.4 is 0 Å². The first-order chi connectivity index (χ1) is 15.8. The molecule has 1 N–H and O–H groups in total. The average Bonchev–Trinajstić information content (AvgIpc) is 2.84. The number of aliphatic hydroxyl groups is 1. The summed E-state index contributed by atoms with van der Waals surface area (Å²) >= 11 is 0. The minimum absolute atomic E-state index is 0.0765. The number of aliphatic hydroxyl groups excluding tert-OH is 1. The fourth-order valence-corrected chi connectivity index (χ4v) is 4.78. The van der Waals surface area contributed by atoms with Crippen LogP contribution in [0.1, 0.15) is 82.3 Å². The van der Waals surface area contributed by atoms with Gasteiger partial charge in [-0.05, 0) is 44.2 Å². The van der Waals surface area contributed by atoms with Crippen molar-refractivity contribution >= 4 is 0 Å². The van der Waals surface area contributed by atoms with Crippen LogP contribution in [0.5, 0.6) is 0 Å². The minimum Gasteiger partial charge on any atom is -0.387 e. The van der Waals surface area contributed by atoms with Crippen LogP contribution in [0.3, 0.4) is 0 Å². The van der Waals surface area contributed by atoms with Gasteiger partial charge < -0.3 is 19.5 Å². The van der Waals surface area contributed by atoms with E-state index in [1.54, 1.807) is 0 Å². The maximum Gasteiger partial charge on any atom is 0.157 e. The van der Waals surface area contributed by atoms with Crippen molar-refractivity contribution in [2.24, 2.45) is 0 Å². The fraction of sp³-hybridized carbons (Fsp3) is 0.778. The van der Waals surface area contributed by atoms with Gasteiger partial charge in [0.1, 0.15) is 0 Å². The summed E-state index contributed by atoms with van der Waals surface area (Å²) in [7, 11) is 0. The van der Waals surface area contributed by atoms with Crippen LogP contribution >= 0.6 is 0 Å². The lowest BCUT2D eigenvalue weighted by Gasteiger charge is -2.35. The van der Waals surface area contributed by atoms with Gasteiger partial charge in [0.15, 0.2) is 6.29 Å². The summed E-state index contributed by atoms with van der Waals surface area (Å²) in [5, 5.41) is 10.4. The number of unbranched alkanes of at least 4 members (excludes halogenated alkanes) is 7. The zero-order valence-corrected chi connectivity index (χ0v) is 20.1. The predicted octanol–water partition coefficient (Wildman–Crippen LogP) is 5.00. The standard InChI is InChI=1S/C27H46N2O3/c30-26(25-14-8-7-9-15-25)24-29-20-18-28(19-21-29)17-11-5-3-1-2-4-6-12-22-31-27-16-10-13-23-32-27/h7-9,14-15,26-27,30H,1-6,10-13,16-24H2. The third kappa shape index (κ3) is 10.3. The molecule has 32 heavy (non-hydrogen) atoms. The maximum atomic E-state index is 10.4. The Morgan fingerprint density at radius 2 is 1.50 bits per heavy atom. The second kappa shape index (κ2) is 15.8. The molecule has 0 bridgehead atoms. The Bertz CT molecular complexity index is 572. The van der Waals surface area contributed by atoms with Gasteiger partial charge >= 0.3 is 0 Å². The Balaban J connectivity index is 1.09. The van der Waals surface area contributed by atoms with E-state index in [0.717, 1.165) is 57.9 Å². The van der Waals surface area contributed by atoms with Gasteiger partial charge in [-0.15, -0.1) is 0 Å². The lowest BCUT2D eigenvalue weighted by atomic mass is 10.1.